The SMILES string of the molecule is COc1ccc(C)cc1S(=O)(=O)c1ccccc1NCC(=O)O. The van der Waals surface area contributed by atoms with Crippen molar-refractivity contribution in [3.8, 4) is 5.75 Å². The lowest BCUT2D eigenvalue weighted by Gasteiger charge is -2.14. The monoisotopic (exact) mass is 335 g/mol. The number of carboxylic acid groups (broad SMARTS) is 1. The summed E-state index contributed by atoms with van der Waals surface area (Å²) in [6.45, 7) is 1.41. The fraction of sp³-hybridized carbons (Fsp3) is 0.188. The van der Waals surface area contributed by atoms with Crippen LogP contribution in [0.3, 0.4) is 0 Å². The molecule has 0 saturated heterocycles. The number of hydrogen-bond acceptors (Lipinski definition) is 5. The lowest BCUT2D eigenvalue weighted by molar-refractivity contribution is -0.134. The van der Waals surface area contributed by atoms with Crippen LogP contribution in [-0.4, -0.2) is 33.1 Å². The highest BCUT2D eigenvalue weighted by atomic mass is 32.2. The molecule has 0 atom stereocenters. The van der Waals surface area contributed by atoms with Gasteiger partial charge in [0.05, 0.1) is 17.7 Å². The second-order valence-corrected chi connectivity index (χ2v) is 6.79. The van der Waals surface area contributed by atoms with Gasteiger partial charge in [-0.2, -0.15) is 0 Å². The number of benzene rings is 2. The van der Waals surface area contributed by atoms with E-state index in [2.05, 4.69) is 5.32 Å². The molecule has 0 aliphatic carbocycles. The summed E-state index contributed by atoms with van der Waals surface area (Å²) in [6.07, 6.45) is 0. The Morgan fingerprint density at radius 2 is 1.87 bits per heavy atom. The Morgan fingerprint density at radius 3 is 2.52 bits per heavy atom. The number of methoxy groups -OCH3 is 1. The van der Waals surface area contributed by atoms with Crippen molar-refractivity contribution < 1.29 is 23.1 Å². The van der Waals surface area contributed by atoms with E-state index in [0.717, 1.165) is 5.56 Å². The van der Waals surface area contributed by atoms with Crippen molar-refractivity contribution >= 4 is 21.5 Å². The molecule has 23 heavy (non-hydrogen) atoms. The predicted octanol–water partition coefficient (Wildman–Crippen LogP) is 2.33. The van der Waals surface area contributed by atoms with Gasteiger partial charge in [-0.15, -0.1) is 0 Å². The van der Waals surface area contributed by atoms with Gasteiger partial charge in [-0.3, -0.25) is 4.79 Å². The highest BCUT2D eigenvalue weighted by Crippen LogP contribution is 2.33. The first-order valence-corrected chi connectivity index (χ1v) is 8.29. The zero-order chi connectivity index (χ0) is 17.0. The van der Waals surface area contributed by atoms with Crippen molar-refractivity contribution in [1.29, 1.82) is 0 Å². The molecule has 2 N–H and O–H groups in total. The number of ether oxygens (including phenoxy) is 1. The van der Waals surface area contributed by atoms with Crippen molar-refractivity contribution in [2.24, 2.45) is 0 Å². The van der Waals surface area contributed by atoms with Crippen LogP contribution in [-0.2, 0) is 14.6 Å². The number of aliphatic carboxylic acids is 1. The largest absolute Gasteiger partial charge is 0.495 e. The Kier molecular flexibility index (Phi) is 4.90. The van der Waals surface area contributed by atoms with E-state index in [4.69, 9.17) is 9.84 Å². The van der Waals surface area contributed by atoms with E-state index in [9.17, 15) is 13.2 Å². The Labute approximate surface area is 134 Å². The van der Waals surface area contributed by atoms with Gasteiger partial charge in [0.15, 0.2) is 0 Å². The van der Waals surface area contributed by atoms with Crippen LogP contribution in [0.1, 0.15) is 5.56 Å². The molecule has 0 bridgehead atoms. The van der Waals surface area contributed by atoms with E-state index in [-0.39, 0.29) is 27.8 Å². The van der Waals surface area contributed by atoms with E-state index in [1.54, 1.807) is 31.2 Å². The maximum absolute atomic E-state index is 13.0. The molecule has 0 fully saturated rings. The smallest absolute Gasteiger partial charge is 0.322 e. The van der Waals surface area contributed by atoms with Gasteiger partial charge in [-0.1, -0.05) is 18.2 Å². The molecule has 2 aromatic carbocycles. The molecule has 0 saturated carbocycles. The van der Waals surface area contributed by atoms with Crippen LogP contribution in [0.25, 0.3) is 0 Å². The third-order valence-corrected chi connectivity index (χ3v) is 5.05. The number of carbonyl (C=O) groups is 1. The van der Waals surface area contributed by atoms with Gasteiger partial charge in [-0.25, -0.2) is 8.42 Å². The lowest BCUT2D eigenvalue weighted by Crippen LogP contribution is -2.15. The number of rotatable bonds is 6. The van der Waals surface area contributed by atoms with Gasteiger partial charge in [0.25, 0.3) is 0 Å². The van der Waals surface area contributed by atoms with Gasteiger partial charge in [-0.05, 0) is 36.8 Å². The fourth-order valence-electron chi connectivity index (χ4n) is 2.13. The fourth-order valence-corrected chi connectivity index (χ4v) is 3.81. The molecule has 6 nitrogen and oxygen atoms in total. The van der Waals surface area contributed by atoms with E-state index in [0.29, 0.717) is 0 Å². The van der Waals surface area contributed by atoms with Crippen LogP contribution >= 0.6 is 0 Å². The molecule has 0 amide bonds. The summed E-state index contributed by atoms with van der Waals surface area (Å²) >= 11 is 0. The quantitative estimate of drug-likeness (QED) is 0.842. The molecule has 122 valence electrons. The first-order valence-electron chi connectivity index (χ1n) is 6.80. The van der Waals surface area contributed by atoms with Gasteiger partial charge in [0.1, 0.15) is 17.2 Å². The number of hydrogen-bond donors (Lipinski definition) is 2. The normalized spacial score (nSPS) is 11.0. The van der Waals surface area contributed by atoms with Crippen LogP contribution in [0.4, 0.5) is 5.69 Å². The van der Waals surface area contributed by atoms with Crippen molar-refractivity contribution in [2.45, 2.75) is 16.7 Å². The summed E-state index contributed by atoms with van der Waals surface area (Å²) in [6, 6.07) is 11.1. The Hall–Kier alpha value is -2.54. The highest BCUT2D eigenvalue weighted by Gasteiger charge is 2.25. The van der Waals surface area contributed by atoms with Gasteiger partial charge in [0.2, 0.25) is 9.84 Å². The molecule has 0 aliphatic heterocycles. The summed E-state index contributed by atoms with van der Waals surface area (Å²) in [5, 5.41) is 11.4. The number of carboxylic acids is 1. The van der Waals surface area contributed by atoms with E-state index < -0.39 is 15.8 Å². The number of para-hydroxylation sites is 1. The van der Waals surface area contributed by atoms with Crippen LogP contribution in [0, 0.1) is 6.92 Å². The Balaban J connectivity index is 2.57. The molecule has 0 aromatic heterocycles. The van der Waals surface area contributed by atoms with Crippen molar-refractivity contribution in [3.05, 3.63) is 48.0 Å². The minimum Gasteiger partial charge on any atom is -0.495 e. The summed E-state index contributed by atoms with van der Waals surface area (Å²) < 4.78 is 31.1. The minimum absolute atomic E-state index is 0.00477. The molecule has 0 aliphatic rings. The third kappa shape index (κ3) is 3.62. The standard InChI is InChI=1S/C16H17NO5S/c1-11-7-8-13(22-2)15(9-11)23(20,21)14-6-4-3-5-12(14)17-10-16(18)19/h3-9,17H,10H2,1-2H3,(H,18,19). The maximum Gasteiger partial charge on any atom is 0.322 e. The number of aryl methyl sites for hydroxylation is 1. The van der Waals surface area contributed by atoms with Gasteiger partial charge < -0.3 is 15.2 Å². The third-order valence-electron chi connectivity index (χ3n) is 3.22. The number of nitrogens with one attached hydrogen (secondary N) is 1. The Morgan fingerprint density at radius 1 is 1.17 bits per heavy atom. The zero-order valence-electron chi connectivity index (χ0n) is 12.7. The number of sulfone groups is 1. The van der Waals surface area contributed by atoms with Crippen molar-refractivity contribution in [1.82, 2.24) is 0 Å². The van der Waals surface area contributed by atoms with Crippen LogP contribution < -0.4 is 10.1 Å². The van der Waals surface area contributed by atoms with Gasteiger partial charge >= 0.3 is 5.97 Å². The van der Waals surface area contributed by atoms with Crippen molar-refractivity contribution in [2.75, 3.05) is 19.0 Å². The first kappa shape index (κ1) is 16.8. The first-order chi connectivity index (χ1) is 10.9. The van der Waals surface area contributed by atoms with Gasteiger partial charge in [0, 0.05) is 0 Å². The average molecular weight is 335 g/mol. The van der Waals surface area contributed by atoms with Crippen molar-refractivity contribution in [3.63, 3.8) is 0 Å². The summed E-state index contributed by atoms with van der Waals surface area (Å²) in [5.74, 6) is -0.839. The average Bonchev–Trinajstić information content (AvgIpc) is 2.53. The molecule has 0 radical (unpaired) electrons. The molecule has 0 spiro atoms. The van der Waals surface area contributed by atoms with E-state index in [1.165, 1.54) is 25.3 Å². The molecule has 0 heterocycles. The molecule has 7 heteroatoms. The summed E-state index contributed by atoms with van der Waals surface area (Å²) in [4.78, 5) is 10.8. The minimum atomic E-state index is -3.86. The predicted molar refractivity (Wildman–Crippen MR) is 85.8 cm³/mol. The summed E-state index contributed by atoms with van der Waals surface area (Å²) in [7, 11) is -2.46. The van der Waals surface area contributed by atoms with Crippen LogP contribution in [0.2, 0.25) is 0 Å². The second-order valence-electron chi connectivity index (χ2n) is 4.90. The van der Waals surface area contributed by atoms with Crippen LogP contribution in [0.15, 0.2) is 52.3 Å². The van der Waals surface area contributed by atoms with E-state index >= 15 is 0 Å². The number of anilines is 1. The lowest BCUT2D eigenvalue weighted by atomic mass is 10.2. The molecular weight excluding hydrogens is 318 g/mol. The molecule has 0 unspecified atom stereocenters. The second kappa shape index (κ2) is 6.70. The highest BCUT2D eigenvalue weighted by molar-refractivity contribution is 7.91. The summed E-state index contributed by atoms with van der Waals surface area (Å²) in [5.41, 5.74) is 1.01. The maximum atomic E-state index is 13.0. The molecule has 2 aromatic rings. The van der Waals surface area contributed by atoms with Crippen LogP contribution in [0.5, 0.6) is 5.75 Å². The molecule has 2 rings (SSSR count). The van der Waals surface area contributed by atoms with E-state index in [1.807, 2.05) is 0 Å². The zero-order valence-corrected chi connectivity index (χ0v) is 13.6. The Bertz CT molecular complexity index is 830. The molecular formula is C16H17NO5S. The topological polar surface area (TPSA) is 92.7 Å².